The Morgan fingerprint density at radius 3 is 1.62 bits per heavy atom. The van der Waals surface area contributed by atoms with Gasteiger partial charge in [0.05, 0.1) is 0 Å². The zero-order valence-corrected chi connectivity index (χ0v) is 16.1. The van der Waals surface area contributed by atoms with Crippen LogP contribution in [0.25, 0.3) is 0 Å². The molecule has 0 fully saturated rings. The maximum atomic E-state index is 11.0. The van der Waals surface area contributed by atoms with Crippen LogP contribution in [0, 0.1) is 0 Å². The van der Waals surface area contributed by atoms with Gasteiger partial charge in [0.1, 0.15) is 5.75 Å². The standard InChI is InChI=1S/C23H32O/c1-7-22(3,4)19-15-18(14-17-12-10-9-11-13-17)16-20(21(19)24)23(5,6)8-2/h9-13,15-16,24H,7-8,14H2,1-6H3. The Kier molecular flexibility index (Phi) is 5.42. The zero-order chi connectivity index (χ0) is 18.0. The summed E-state index contributed by atoms with van der Waals surface area (Å²) in [6, 6.07) is 15.0. The molecule has 2 rings (SSSR count). The Hall–Kier alpha value is -1.76. The van der Waals surface area contributed by atoms with E-state index >= 15 is 0 Å². The largest absolute Gasteiger partial charge is 0.507 e. The van der Waals surface area contributed by atoms with Crippen molar-refractivity contribution in [3.05, 3.63) is 64.7 Å². The maximum absolute atomic E-state index is 11.0. The molecule has 0 aromatic heterocycles. The third kappa shape index (κ3) is 3.83. The molecule has 24 heavy (non-hydrogen) atoms. The Labute approximate surface area is 147 Å². The molecule has 0 saturated heterocycles. The topological polar surface area (TPSA) is 20.2 Å². The van der Waals surface area contributed by atoms with Crippen molar-refractivity contribution in [2.75, 3.05) is 0 Å². The molecule has 1 heteroatoms. The quantitative estimate of drug-likeness (QED) is 0.655. The average Bonchev–Trinajstić information content (AvgIpc) is 2.57. The predicted molar refractivity (Wildman–Crippen MR) is 104 cm³/mol. The van der Waals surface area contributed by atoms with Gasteiger partial charge in [-0.3, -0.25) is 0 Å². The van der Waals surface area contributed by atoms with E-state index in [1.807, 2.05) is 0 Å². The van der Waals surface area contributed by atoms with Crippen molar-refractivity contribution in [3.8, 4) is 5.75 Å². The van der Waals surface area contributed by atoms with Crippen LogP contribution in [-0.2, 0) is 17.3 Å². The van der Waals surface area contributed by atoms with Crippen LogP contribution < -0.4 is 0 Å². The van der Waals surface area contributed by atoms with E-state index in [-0.39, 0.29) is 10.8 Å². The summed E-state index contributed by atoms with van der Waals surface area (Å²) in [5, 5.41) is 11.0. The summed E-state index contributed by atoms with van der Waals surface area (Å²) >= 11 is 0. The van der Waals surface area contributed by atoms with Gasteiger partial charge >= 0.3 is 0 Å². The summed E-state index contributed by atoms with van der Waals surface area (Å²) < 4.78 is 0. The smallest absolute Gasteiger partial charge is 0.123 e. The van der Waals surface area contributed by atoms with E-state index in [1.165, 1.54) is 11.1 Å². The minimum atomic E-state index is -0.0324. The molecule has 130 valence electrons. The van der Waals surface area contributed by atoms with Crippen LogP contribution in [0.4, 0.5) is 0 Å². The molecule has 1 nitrogen and oxygen atoms in total. The number of hydrogen-bond acceptors (Lipinski definition) is 1. The van der Waals surface area contributed by atoms with E-state index in [1.54, 1.807) is 0 Å². The van der Waals surface area contributed by atoms with E-state index in [9.17, 15) is 5.11 Å². The third-order valence-electron chi connectivity index (χ3n) is 5.65. The molecule has 0 bridgehead atoms. The molecule has 0 aliphatic carbocycles. The third-order valence-corrected chi connectivity index (χ3v) is 5.65. The number of phenolic OH excluding ortho intramolecular Hbond substituents is 1. The highest BCUT2D eigenvalue weighted by Crippen LogP contribution is 2.42. The van der Waals surface area contributed by atoms with Gasteiger partial charge in [-0.2, -0.15) is 0 Å². The second-order valence-electron chi connectivity index (χ2n) is 8.18. The highest BCUT2D eigenvalue weighted by molar-refractivity contribution is 5.51. The van der Waals surface area contributed by atoms with Gasteiger partial charge < -0.3 is 5.11 Å². The van der Waals surface area contributed by atoms with Gasteiger partial charge in [0.2, 0.25) is 0 Å². The van der Waals surface area contributed by atoms with Gasteiger partial charge in [0.15, 0.2) is 0 Å². The molecule has 2 aromatic carbocycles. The molecule has 1 N–H and O–H groups in total. The fourth-order valence-electron chi connectivity index (χ4n) is 3.04. The summed E-state index contributed by atoms with van der Waals surface area (Å²) in [7, 11) is 0. The summed E-state index contributed by atoms with van der Waals surface area (Å²) in [6.45, 7) is 13.3. The highest BCUT2D eigenvalue weighted by Gasteiger charge is 2.29. The van der Waals surface area contributed by atoms with Crippen LogP contribution >= 0.6 is 0 Å². The average molecular weight is 325 g/mol. The monoisotopic (exact) mass is 324 g/mol. The Morgan fingerprint density at radius 2 is 1.21 bits per heavy atom. The number of rotatable bonds is 6. The van der Waals surface area contributed by atoms with Crippen molar-refractivity contribution in [1.29, 1.82) is 0 Å². The molecule has 2 aromatic rings. The van der Waals surface area contributed by atoms with Crippen LogP contribution in [0.15, 0.2) is 42.5 Å². The van der Waals surface area contributed by atoms with Crippen molar-refractivity contribution < 1.29 is 5.11 Å². The SMILES string of the molecule is CCC(C)(C)c1cc(Cc2ccccc2)cc(C(C)(C)CC)c1O. The molecule has 0 heterocycles. The first kappa shape index (κ1) is 18.6. The normalized spacial score (nSPS) is 12.4. The molecule has 0 unspecified atom stereocenters. The number of aromatic hydroxyl groups is 1. The second-order valence-corrected chi connectivity index (χ2v) is 8.18. The number of benzene rings is 2. The lowest BCUT2D eigenvalue weighted by Gasteiger charge is -2.31. The van der Waals surface area contributed by atoms with Gasteiger partial charge in [-0.1, -0.05) is 84.0 Å². The zero-order valence-electron chi connectivity index (χ0n) is 16.1. The summed E-state index contributed by atoms with van der Waals surface area (Å²) in [5.41, 5.74) is 4.69. The molecular weight excluding hydrogens is 292 g/mol. The fraction of sp³-hybridized carbons (Fsp3) is 0.478. The Balaban J connectivity index is 2.60. The van der Waals surface area contributed by atoms with E-state index < -0.39 is 0 Å². The van der Waals surface area contributed by atoms with Crippen molar-refractivity contribution in [3.63, 3.8) is 0 Å². The molecule has 0 aliphatic heterocycles. The molecule has 0 amide bonds. The molecule has 0 atom stereocenters. The first-order chi connectivity index (χ1) is 11.2. The first-order valence-electron chi connectivity index (χ1n) is 9.12. The second kappa shape index (κ2) is 7.01. The lowest BCUT2D eigenvalue weighted by molar-refractivity contribution is 0.400. The summed E-state index contributed by atoms with van der Waals surface area (Å²) in [5.74, 6) is 0.491. The van der Waals surface area contributed by atoms with Crippen LogP contribution in [0.1, 0.15) is 76.6 Å². The minimum absolute atomic E-state index is 0.0324. The van der Waals surface area contributed by atoms with E-state index in [0.717, 1.165) is 30.4 Å². The molecule has 0 spiro atoms. The van der Waals surface area contributed by atoms with Crippen molar-refractivity contribution >= 4 is 0 Å². The first-order valence-corrected chi connectivity index (χ1v) is 9.12. The van der Waals surface area contributed by atoms with Crippen LogP contribution in [0.5, 0.6) is 5.75 Å². The van der Waals surface area contributed by atoms with Gasteiger partial charge in [0, 0.05) is 11.1 Å². The molecular formula is C23H32O. The number of phenols is 1. The van der Waals surface area contributed by atoms with Crippen molar-refractivity contribution in [1.82, 2.24) is 0 Å². The van der Waals surface area contributed by atoms with E-state index in [0.29, 0.717) is 5.75 Å². The predicted octanol–water partition coefficient (Wildman–Crippen LogP) is 6.36. The van der Waals surface area contributed by atoms with Gasteiger partial charge in [-0.05, 0) is 41.2 Å². The number of hydrogen-bond donors (Lipinski definition) is 1. The maximum Gasteiger partial charge on any atom is 0.123 e. The van der Waals surface area contributed by atoms with Crippen LogP contribution in [0.2, 0.25) is 0 Å². The highest BCUT2D eigenvalue weighted by atomic mass is 16.3. The summed E-state index contributed by atoms with van der Waals surface area (Å²) in [4.78, 5) is 0. The lowest BCUT2D eigenvalue weighted by Crippen LogP contribution is -2.21. The van der Waals surface area contributed by atoms with E-state index in [2.05, 4.69) is 84.0 Å². The van der Waals surface area contributed by atoms with Crippen molar-refractivity contribution in [2.24, 2.45) is 0 Å². The Bertz CT molecular complexity index is 643. The molecule has 0 aliphatic rings. The molecule has 0 saturated carbocycles. The van der Waals surface area contributed by atoms with Gasteiger partial charge in [-0.25, -0.2) is 0 Å². The minimum Gasteiger partial charge on any atom is -0.507 e. The van der Waals surface area contributed by atoms with Crippen LogP contribution in [0.3, 0.4) is 0 Å². The lowest BCUT2D eigenvalue weighted by atomic mass is 9.74. The molecule has 0 radical (unpaired) electrons. The fourth-order valence-corrected chi connectivity index (χ4v) is 3.04. The Morgan fingerprint density at radius 1 is 0.750 bits per heavy atom. The van der Waals surface area contributed by atoms with Crippen LogP contribution in [-0.4, -0.2) is 5.11 Å². The van der Waals surface area contributed by atoms with Gasteiger partial charge in [0.25, 0.3) is 0 Å². The van der Waals surface area contributed by atoms with E-state index in [4.69, 9.17) is 0 Å². The van der Waals surface area contributed by atoms with Crippen molar-refractivity contribution in [2.45, 2.75) is 71.6 Å². The summed E-state index contributed by atoms with van der Waals surface area (Å²) in [6.07, 6.45) is 2.91. The van der Waals surface area contributed by atoms with Gasteiger partial charge in [-0.15, -0.1) is 0 Å².